The zero-order valence-corrected chi connectivity index (χ0v) is 17.3. The molecule has 0 atom stereocenters. The summed E-state index contributed by atoms with van der Waals surface area (Å²) in [5.74, 6) is 0.517. The van der Waals surface area contributed by atoms with Crippen LogP contribution in [0.4, 0.5) is 5.69 Å². The van der Waals surface area contributed by atoms with Gasteiger partial charge in [-0.3, -0.25) is 9.10 Å². The number of rotatable bonds is 8. The molecule has 1 amide bonds. The molecular formula is C22H24N2O4S. The van der Waals surface area contributed by atoms with Crippen molar-refractivity contribution in [3.05, 3.63) is 72.3 Å². The summed E-state index contributed by atoms with van der Waals surface area (Å²) in [5.41, 5.74) is 0.996. The Balaban J connectivity index is 1.52. The Morgan fingerprint density at radius 2 is 1.69 bits per heavy atom. The molecule has 1 N–H and O–H groups in total. The summed E-state index contributed by atoms with van der Waals surface area (Å²) in [6.45, 7) is 2.80. The van der Waals surface area contributed by atoms with E-state index in [1.54, 1.807) is 31.2 Å². The van der Waals surface area contributed by atoms with Gasteiger partial charge >= 0.3 is 0 Å². The van der Waals surface area contributed by atoms with Gasteiger partial charge in [-0.15, -0.1) is 0 Å². The number of ether oxygens (including phenoxy) is 1. The summed E-state index contributed by atoms with van der Waals surface area (Å²) in [6.07, 6.45) is 1.16. The molecule has 0 radical (unpaired) electrons. The first-order valence-electron chi connectivity index (χ1n) is 9.36. The van der Waals surface area contributed by atoms with Gasteiger partial charge in [-0.05, 0) is 54.1 Å². The minimum atomic E-state index is -3.34. The first-order chi connectivity index (χ1) is 13.9. The molecule has 0 aliphatic heterocycles. The first-order valence-corrected chi connectivity index (χ1v) is 11.2. The third kappa shape index (κ3) is 5.26. The third-order valence-electron chi connectivity index (χ3n) is 4.48. The van der Waals surface area contributed by atoms with Gasteiger partial charge in [0.05, 0.1) is 18.5 Å². The number of nitrogens with one attached hydrogen (secondary N) is 1. The van der Waals surface area contributed by atoms with E-state index in [9.17, 15) is 13.2 Å². The van der Waals surface area contributed by atoms with Crippen LogP contribution in [0.5, 0.6) is 5.75 Å². The molecule has 0 saturated heterocycles. The fraction of sp³-hybridized carbons (Fsp3) is 0.227. The topological polar surface area (TPSA) is 75.7 Å². The summed E-state index contributed by atoms with van der Waals surface area (Å²) >= 11 is 0. The van der Waals surface area contributed by atoms with E-state index < -0.39 is 10.0 Å². The number of carbonyl (C=O) groups is 1. The highest BCUT2D eigenvalue weighted by atomic mass is 32.2. The maximum Gasteiger partial charge on any atom is 0.251 e. The van der Waals surface area contributed by atoms with Crippen molar-refractivity contribution in [1.29, 1.82) is 0 Å². The van der Waals surface area contributed by atoms with Gasteiger partial charge in [0.2, 0.25) is 10.0 Å². The number of sulfonamides is 1. The van der Waals surface area contributed by atoms with Crippen molar-refractivity contribution in [2.45, 2.75) is 6.92 Å². The van der Waals surface area contributed by atoms with Crippen LogP contribution in [-0.4, -0.2) is 40.3 Å². The van der Waals surface area contributed by atoms with Crippen LogP contribution in [-0.2, 0) is 10.0 Å². The molecule has 3 aromatic carbocycles. The number of anilines is 1. The Hall–Kier alpha value is -3.06. The van der Waals surface area contributed by atoms with Crippen molar-refractivity contribution >= 4 is 32.4 Å². The van der Waals surface area contributed by atoms with Crippen molar-refractivity contribution in [3.8, 4) is 5.75 Å². The van der Waals surface area contributed by atoms with Gasteiger partial charge in [0.1, 0.15) is 12.4 Å². The molecule has 29 heavy (non-hydrogen) atoms. The normalized spacial score (nSPS) is 11.2. The molecule has 7 heteroatoms. The van der Waals surface area contributed by atoms with E-state index in [0.29, 0.717) is 30.9 Å². The van der Waals surface area contributed by atoms with Crippen LogP contribution in [0, 0.1) is 0 Å². The Kier molecular flexibility index (Phi) is 6.39. The lowest BCUT2D eigenvalue weighted by Gasteiger charge is -2.20. The smallest absolute Gasteiger partial charge is 0.251 e. The van der Waals surface area contributed by atoms with Gasteiger partial charge in [-0.25, -0.2) is 8.42 Å². The number of nitrogens with zero attached hydrogens (tertiary/aromatic N) is 1. The van der Waals surface area contributed by atoms with E-state index in [1.165, 1.54) is 4.31 Å². The third-order valence-corrected chi connectivity index (χ3v) is 5.75. The number of benzene rings is 3. The molecular weight excluding hydrogens is 388 g/mol. The van der Waals surface area contributed by atoms with Crippen molar-refractivity contribution in [1.82, 2.24) is 5.32 Å². The Bertz CT molecular complexity index is 1100. The maximum absolute atomic E-state index is 12.3. The summed E-state index contributed by atoms with van der Waals surface area (Å²) in [6, 6.07) is 20.4. The maximum atomic E-state index is 12.3. The largest absolute Gasteiger partial charge is 0.492 e. The number of amides is 1. The highest BCUT2D eigenvalue weighted by Gasteiger charge is 2.15. The van der Waals surface area contributed by atoms with E-state index in [4.69, 9.17) is 4.74 Å². The average Bonchev–Trinajstić information content (AvgIpc) is 2.71. The highest BCUT2D eigenvalue weighted by molar-refractivity contribution is 7.92. The molecule has 0 saturated carbocycles. The molecule has 0 aliphatic carbocycles. The second-order valence-corrected chi connectivity index (χ2v) is 8.49. The van der Waals surface area contributed by atoms with Crippen LogP contribution >= 0.6 is 0 Å². The minimum Gasteiger partial charge on any atom is -0.492 e. The lowest BCUT2D eigenvalue weighted by Crippen LogP contribution is -2.30. The SMILES string of the molecule is CCN(c1ccc(C(=O)NCCOc2ccc3ccccc3c2)cc1)S(C)(=O)=O. The number of carbonyl (C=O) groups excluding carboxylic acids is 1. The second kappa shape index (κ2) is 8.96. The predicted molar refractivity (Wildman–Crippen MR) is 116 cm³/mol. The standard InChI is InChI=1S/C22H24N2O4S/c1-3-24(29(2,26)27)20-11-8-18(9-12-20)22(25)23-14-15-28-21-13-10-17-6-4-5-7-19(17)16-21/h4-13,16H,3,14-15H2,1-2H3,(H,23,25). The van der Waals surface area contributed by atoms with Gasteiger partial charge in [0.25, 0.3) is 5.91 Å². The molecule has 0 spiro atoms. The second-order valence-electron chi connectivity index (χ2n) is 6.59. The molecule has 152 valence electrons. The molecule has 0 bridgehead atoms. The molecule has 0 heterocycles. The number of fused-ring (bicyclic) bond motifs is 1. The molecule has 0 aliphatic rings. The Morgan fingerprint density at radius 1 is 1.00 bits per heavy atom. The predicted octanol–water partition coefficient (Wildman–Crippen LogP) is 3.43. The van der Waals surface area contributed by atoms with Gasteiger partial charge in [0, 0.05) is 12.1 Å². The summed E-state index contributed by atoms with van der Waals surface area (Å²) < 4.78 is 30.6. The fourth-order valence-corrected chi connectivity index (χ4v) is 4.05. The van der Waals surface area contributed by atoms with Gasteiger partial charge in [0.15, 0.2) is 0 Å². The van der Waals surface area contributed by atoms with Crippen molar-refractivity contribution in [2.24, 2.45) is 0 Å². The Morgan fingerprint density at radius 3 is 2.34 bits per heavy atom. The molecule has 0 fully saturated rings. The molecule has 6 nitrogen and oxygen atoms in total. The summed E-state index contributed by atoms with van der Waals surface area (Å²) in [4.78, 5) is 12.3. The van der Waals surface area contributed by atoms with Crippen LogP contribution in [0.2, 0.25) is 0 Å². The van der Waals surface area contributed by atoms with E-state index in [0.717, 1.165) is 22.8 Å². The van der Waals surface area contributed by atoms with E-state index in [1.807, 2.05) is 42.5 Å². The van der Waals surface area contributed by atoms with Crippen LogP contribution in [0.1, 0.15) is 17.3 Å². The van der Waals surface area contributed by atoms with Crippen molar-refractivity contribution in [2.75, 3.05) is 30.3 Å². The van der Waals surface area contributed by atoms with Gasteiger partial charge < -0.3 is 10.1 Å². The highest BCUT2D eigenvalue weighted by Crippen LogP contribution is 2.20. The first kappa shape index (κ1) is 20.7. The van der Waals surface area contributed by atoms with Crippen molar-refractivity contribution in [3.63, 3.8) is 0 Å². The van der Waals surface area contributed by atoms with Crippen LogP contribution < -0.4 is 14.4 Å². The zero-order valence-electron chi connectivity index (χ0n) is 16.5. The van der Waals surface area contributed by atoms with Crippen LogP contribution in [0.15, 0.2) is 66.7 Å². The van der Waals surface area contributed by atoms with Gasteiger partial charge in [-0.1, -0.05) is 30.3 Å². The lowest BCUT2D eigenvalue weighted by atomic mass is 10.1. The zero-order chi connectivity index (χ0) is 20.9. The summed E-state index contributed by atoms with van der Waals surface area (Å²) in [7, 11) is -3.34. The summed E-state index contributed by atoms with van der Waals surface area (Å²) in [5, 5.41) is 5.05. The lowest BCUT2D eigenvalue weighted by molar-refractivity contribution is 0.0947. The van der Waals surface area contributed by atoms with Crippen LogP contribution in [0.3, 0.4) is 0 Å². The molecule has 0 unspecified atom stereocenters. The quantitative estimate of drug-likeness (QED) is 0.575. The molecule has 0 aromatic heterocycles. The van der Waals surface area contributed by atoms with Gasteiger partial charge in [-0.2, -0.15) is 0 Å². The Labute approximate surface area is 171 Å². The van der Waals surface area contributed by atoms with E-state index in [-0.39, 0.29) is 5.91 Å². The molecule has 3 rings (SSSR count). The van der Waals surface area contributed by atoms with E-state index >= 15 is 0 Å². The number of hydrogen-bond donors (Lipinski definition) is 1. The monoisotopic (exact) mass is 412 g/mol. The molecule has 3 aromatic rings. The van der Waals surface area contributed by atoms with Crippen LogP contribution in [0.25, 0.3) is 10.8 Å². The van der Waals surface area contributed by atoms with E-state index in [2.05, 4.69) is 5.32 Å². The van der Waals surface area contributed by atoms with Crippen molar-refractivity contribution < 1.29 is 17.9 Å². The fourth-order valence-electron chi connectivity index (χ4n) is 3.08. The average molecular weight is 413 g/mol. The minimum absolute atomic E-state index is 0.235. The number of hydrogen-bond acceptors (Lipinski definition) is 4.